The highest BCUT2D eigenvalue weighted by atomic mass is 32.1. The van der Waals surface area contributed by atoms with Gasteiger partial charge in [0.2, 0.25) is 0 Å². The molecule has 2 nitrogen and oxygen atoms in total. The van der Waals surface area contributed by atoms with E-state index in [1.165, 1.54) is 18.4 Å². The third-order valence-corrected chi connectivity index (χ3v) is 4.03. The normalized spacial score (nSPS) is 12.4. The summed E-state index contributed by atoms with van der Waals surface area (Å²) in [5.41, 5.74) is -0.348. The number of rotatable bonds is 2. The number of nitrogens with zero attached hydrogens (tertiary/aromatic N) is 2. The SMILES string of the molecule is CC(C)c1ccc(-c2cc(C(F)(F)F)n(C)n2)s1. The quantitative estimate of drug-likeness (QED) is 0.798. The van der Waals surface area contributed by atoms with Gasteiger partial charge >= 0.3 is 6.18 Å². The van der Waals surface area contributed by atoms with Crippen molar-refractivity contribution in [2.75, 3.05) is 0 Å². The second kappa shape index (κ2) is 4.42. The van der Waals surface area contributed by atoms with Gasteiger partial charge in [-0.1, -0.05) is 13.8 Å². The van der Waals surface area contributed by atoms with Crippen LogP contribution in [0.15, 0.2) is 18.2 Å². The van der Waals surface area contributed by atoms with Crippen molar-refractivity contribution in [1.29, 1.82) is 0 Å². The highest BCUT2D eigenvalue weighted by Crippen LogP contribution is 2.35. The first-order chi connectivity index (χ1) is 8.29. The van der Waals surface area contributed by atoms with Crippen molar-refractivity contribution < 1.29 is 13.2 Å². The predicted molar refractivity (Wildman–Crippen MR) is 65.6 cm³/mol. The van der Waals surface area contributed by atoms with Crippen LogP contribution in [0.25, 0.3) is 10.6 Å². The van der Waals surface area contributed by atoms with Crippen molar-refractivity contribution in [2.24, 2.45) is 7.05 Å². The molecule has 0 aliphatic carbocycles. The Morgan fingerprint density at radius 3 is 2.39 bits per heavy atom. The smallest absolute Gasteiger partial charge is 0.263 e. The molecule has 6 heteroatoms. The average Bonchev–Trinajstić information content (AvgIpc) is 2.81. The Bertz CT molecular complexity index is 552. The van der Waals surface area contributed by atoms with Gasteiger partial charge in [0.1, 0.15) is 11.4 Å². The number of hydrogen-bond donors (Lipinski definition) is 0. The molecule has 0 unspecified atom stereocenters. The molecule has 0 saturated heterocycles. The number of aryl methyl sites for hydroxylation is 1. The van der Waals surface area contributed by atoms with Gasteiger partial charge in [0.25, 0.3) is 0 Å². The minimum absolute atomic E-state index is 0.370. The van der Waals surface area contributed by atoms with Crippen LogP contribution in [0.2, 0.25) is 0 Å². The van der Waals surface area contributed by atoms with E-state index in [-0.39, 0.29) is 0 Å². The second-order valence-corrected chi connectivity index (χ2v) is 5.51. The van der Waals surface area contributed by atoms with E-state index in [0.29, 0.717) is 11.6 Å². The highest BCUT2D eigenvalue weighted by Gasteiger charge is 2.35. The number of aromatic nitrogens is 2. The molecule has 0 aliphatic heterocycles. The first-order valence-electron chi connectivity index (χ1n) is 5.50. The van der Waals surface area contributed by atoms with Gasteiger partial charge < -0.3 is 0 Å². The second-order valence-electron chi connectivity index (χ2n) is 4.39. The van der Waals surface area contributed by atoms with Gasteiger partial charge in [-0.05, 0) is 24.1 Å². The largest absolute Gasteiger partial charge is 0.433 e. The molecule has 0 aromatic carbocycles. The lowest BCUT2D eigenvalue weighted by molar-refractivity contribution is -0.143. The molecule has 2 aromatic heterocycles. The van der Waals surface area contributed by atoms with Gasteiger partial charge in [-0.25, -0.2) is 0 Å². The van der Waals surface area contributed by atoms with E-state index >= 15 is 0 Å². The van der Waals surface area contributed by atoms with Crippen LogP contribution in [0.5, 0.6) is 0 Å². The molecule has 18 heavy (non-hydrogen) atoms. The molecule has 0 amide bonds. The molecule has 98 valence electrons. The van der Waals surface area contributed by atoms with Gasteiger partial charge in [0, 0.05) is 11.9 Å². The monoisotopic (exact) mass is 274 g/mol. The maximum atomic E-state index is 12.7. The van der Waals surface area contributed by atoms with Crippen molar-refractivity contribution in [1.82, 2.24) is 9.78 Å². The molecule has 2 heterocycles. The lowest BCUT2D eigenvalue weighted by atomic mass is 10.2. The van der Waals surface area contributed by atoms with Crippen LogP contribution >= 0.6 is 11.3 Å². The van der Waals surface area contributed by atoms with Gasteiger partial charge in [0.05, 0.1) is 4.88 Å². The lowest BCUT2D eigenvalue weighted by Crippen LogP contribution is -2.11. The molecule has 0 saturated carbocycles. The molecular formula is C12H13F3N2S. The Hall–Kier alpha value is -1.30. The standard InChI is InChI=1S/C12H13F3N2S/c1-7(2)9-4-5-10(18-9)8-6-11(12(13,14)15)17(3)16-8/h4-7H,1-3H3. The summed E-state index contributed by atoms with van der Waals surface area (Å²) in [6, 6.07) is 4.85. The van der Waals surface area contributed by atoms with Gasteiger partial charge in [-0.15, -0.1) is 11.3 Å². The lowest BCUT2D eigenvalue weighted by Gasteiger charge is -2.04. The molecule has 2 rings (SSSR count). The molecule has 0 radical (unpaired) electrons. The molecule has 0 spiro atoms. The van der Waals surface area contributed by atoms with Crippen molar-refractivity contribution in [2.45, 2.75) is 25.9 Å². The number of thiophene rings is 1. The van der Waals surface area contributed by atoms with Crippen molar-refractivity contribution in [3.63, 3.8) is 0 Å². The van der Waals surface area contributed by atoms with E-state index in [4.69, 9.17) is 0 Å². The molecule has 0 N–H and O–H groups in total. The molecule has 0 fully saturated rings. The number of halogens is 3. The molecule has 2 aromatic rings. The van der Waals surface area contributed by atoms with Crippen molar-refractivity contribution >= 4 is 11.3 Å². The fourth-order valence-corrected chi connectivity index (χ4v) is 2.62. The van der Waals surface area contributed by atoms with E-state index in [2.05, 4.69) is 18.9 Å². The van der Waals surface area contributed by atoms with E-state index < -0.39 is 11.9 Å². The summed E-state index contributed by atoms with van der Waals surface area (Å²) in [4.78, 5) is 1.91. The summed E-state index contributed by atoms with van der Waals surface area (Å²) < 4.78 is 38.8. The fraction of sp³-hybridized carbons (Fsp3) is 0.417. The third-order valence-electron chi connectivity index (χ3n) is 2.62. The summed E-state index contributed by atoms with van der Waals surface area (Å²) in [5, 5.41) is 3.93. The first kappa shape index (κ1) is 13.1. The molecular weight excluding hydrogens is 261 g/mol. The van der Waals surface area contributed by atoms with E-state index in [0.717, 1.165) is 20.5 Å². The summed E-state index contributed by atoms with van der Waals surface area (Å²) in [7, 11) is 1.31. The zero-order chi connectivity index (χ0) is 13.5. The summed E-state index contributed by atoms with van der Waals surface area (Å²) >= 11 is 1.48. The Morgan fingerprint density at radius 1 is 1.28 bits per heavy atom. The van der Waals surface area contributed by atoms with Crippen LogP contribution in [-0.2, 0) is 13.2 Å². The Morgan fingerprint density at radius 2 is 1.94 bits per heavy atom. The fourth-order valence-electron chi connectivity index (χ4n) is 1.65. The minimum Gasteiger partial charge on any atom is -0.263 e. The van der Waals surface area contributed by atoms with Gasteiger partial charge in [-0.2, -0.15) is 18.3 Å². The molecule has 0 bridgehead atoms. The van der Waals surface area contributed by atoms with Gasteiger partial charge in [0.15, 0.2) is 0 Å². The topological polar surface area (TPSA) is 17.8 Å². The minimum atomic E-state index is -4.36. The zero-order valence-electron chi connectivity index (χ0n) is 10.2. The number of hydrogen-bond acceptors (Lipinski definition) is 2. The van der Waals surface area contributed by atoms with E-state index in [9.17, 15) is 13.2 Å². The van der Waals surface area contributed by atoms with E-state index in [1.54, 1.807) is 0 Å². The zero-order valence-corrected chi connectivity index (χ0v) is 11.1. The molecule has 0 aliphatic rings. The van der Waals surface area contributed by atoms with Crippen molar-refractivity contribution in [3.8, 4) is 10.6 Å². The number of alkyl halides is 3. The summed E-state index contributed by atoms with van der Waals surface area (Å²) in [5.74, 6) is 0.370. The third kappa shape index (κ3) is 2.43. The Labute approximate surface area is 107 Å². The molecule has 0 atom stereocenters. The Balaban J connectivity index is 2.40. The van der Waals surface area contributed by atoms with Crippen LogP contribution in [0, 0.1) is 0 Å². The summed E-state index contributed by atoms with van der Waals surface area (Å²) in [6.45, 7) is 4.10. The van der Waals surface area contributed by atoms with E-state index in [1.807, 2.05) is 12.1 Å². The first-order valence-corrected chi connectivity index (χ1v) is 6.32. The maximum absolute atomic E-state index is 12.7. The highest BCUT2D eigenvalue weighted by molar-refractivity contribution is 7.15. The van der Waals surface area contributed by atoms with Crippen LogP contribution in [0.3, 0.4) is 0 Å². The average molecular weight is 274 g/mol. The van der Waals surface area contributed by atoms with Crippen LogP contribution < -0.4 is 0 Å². The maximum Gasteiger partial charge on any atom is 0.433 e. The summed E-state index contributed by atoms with van der Waals surface area (Å²) in [6.07, 6.45) is -4.36. The van der Waals surface area contributed by atoms with Crippen molar-refractivity contribution in [3.05, 3.63) is 28.8 Å². The van der Waals surface area contributed by atoms with Crippen LogP contribution in [0.1, 0.15) is 30.3 Å². The van der Waals surface area contributed by atoms with Gasteiger partial charge in [-0.3, -0.25) is 4.68 Å². The van der Waals surface area contributed by atoms with Crippen LogP contribution in [0.4, 0.5) is 13.2 Å². The van der Waals surface area contributed by atoms with Crippen LogP contribution in [-0.4, -0.2) is 9.78 Å². The predicted octanol–water partition coefficient (Wildman–Crippen LogP) is 4.29. The Kier molecular flexibility index (Phi) is 3.23.